The SMILES string of the molecule is Cc1nc(C2CCCCC2)sc1C1(C#N)CC1. The van der Waals surface area contributed by atoms with Crippen LogP contribution in [0.3, 0.4) is 0 Å². The van der Waals surface area contributed by atoms with Crippen LogP contribution in [0.2, 0.25) is 0 Å². The van der Waals surface area contributed by atoms with Crippen molar-refractivity contribution in [3.05, 3.63) is 15.6 Å². The zero-order valence-corrected chi connectivity index (χ0v) is 11.1. The maximum absolute atomic E-state index is 9.28. The van der Waals surface area contributed by atoms with Gasteiger partial charge in [-0.1, -0.05) is 19.3 Å². The van der Waals surface area contributed by atoms with Gasteiger partial charge in [-0.2, -0.15) is 5.26 Å². The zero-order valence-electron chi connectivity index (χ0n) is 10.3. The minimum Gasteiger partial charge on any atom is -0.246 e. The van der Waals surface area contributed by atoms with Crippen molar-refractivity contribution in [2.45, 2.75) is 63.2 Å². The monoisotopic (exact) mass is 246 g/mol. The Morgan fingerprint density at radius 2 is 2.00 bits per heavy atom. The van der Waals surface area contributed by atoms with Gasteiger partial charge in [0.1, 0.15) is 0 Å². The molecule has 0 saturated heterocycles. The van der Waals surface area contributed by atoms with Crippen LogP contribution in [-0.2, 0) is 5.41 Å². The number of nitriles is 1. The van der Waals surface area contributed by atoms with E-state index in [-0.39, 0.29) is 5.41 Å². The molecule has 0 bridgehead atoms. The average Bonchev–Trinajstić information content (AvgIpc) is 3.07. The van der Waals surface area contributed by atoms with Gasteiger partial charge in [0.25, 0.3) is 0 Å². The van der Waals surface area contributed by atoms with E-state index in [2.05, 4.69) is 13.0 Å². The largest absolute Gasteiger partial charge is 0.246 e. The molecule has 17 heavy (non-hydrogen) atoms. The van der Waals surface area contributed by atoms with Crippen molar-refractivity contribution in [2.24, 2.45) is 0 Å². The van der Waals surface area contributed by atoms with Gasteiger partial charge in [-0.25, -0.2) is 4.98 Å². The molecule has 0 spiro atoms. The van der Waals surface area contributed by atoms with Crippen molar-refractivity contribution in [1.29, 1.82) is 5.26 Å². The quantitative estimate of drug-likeness (QED) is 0.789. The lowest BCUT2D eigenvalue weighted by Crippen LogP contribution is -2.03. The molecule has 0 aliphatic heterocycles. The number of nitrogens with zero attached hydrogens (tertiary/aromatic N) is 2. The van der Waals surface area contributed by atoms with E-state index in [4.69, 9.17) is 4.98 Å². The Morgan fingerprint density at radius 1 is 1.29 bits per heavy atom. The Hall–Kier alpha value is -0.880. The fourth-order valence-electron chi connectivity index (χ4n) is 2.90. The van der Waals surface area contributed by atoms with Gasteiger partial charge in [0.2, 0.25) is 0 Å². The van der Waals surface area contributed by atoms with Crippen molar-refractivity contribution in [1.82, 2.24) is 4.98 Å². The summed E-state index contributed by atoms with van der Waals surface area (Å²) in [4.78, 5) is 6.02. The number of rotatable bonds is 2. The third-order valence-corrected chi connectivity index (χ3v) is 5.69. The first kappa shape index (κ1) is 11.2. The molecule has 2 aliphatic rings. The van der Waals surface area contributed by atoms with Crippen LogP contribution in [0.4, 0.5) is 0 Å². The summed E-state index contributed by atoms with van der Waals surface area (Å²) in [6.07, 6.45) is 8.76. The molecule has 90 valence electrons. The summed E-state index contributed by atoms with van der Waals surface area (Å²) in [5.74, 6) is 0.677. The Balaban J connectivity index is 1.88. The second-order valence-electron chi connectivity index (χ2n) is 5.50. The van der Waals surface area contributed by atoms with Gasteiger partial charge >= 0.3 is 0 Å². The lowest BCUT2D eigenvalue weighted by Gasteiger charge is -2.18. The van der Waals surface area contributed by atoms with Gasteiger partial charge in [-0.05, 0) is 32.6 Å². The molecule has 1 aromatic rings. The van der Waals surface area contributed by atoms with Crippen LogP contribution in [0.5, 0.6) is 0 Å². The minimum atomic E-state index is -0.144. The summed E-state index contributed by atoms with van der Waals surface area (Å²) in [7, 11) is 0. The van der Waals surface area contributed by atoms with Gasteiger partial charge in [-0.15, -0.1) is 11.3 Å². The molecule has 1 heterocycles. The molecule has 0 unspecified atom stereocenters. The van der Waals surface area contributed by atoms with Crippen molar-refractivity contribution >= 4 is 11.3 Å². The van der Waals surface area contributed by atoms with Crippen LogP contribution < -0.4 is 0 Å². The lowest BCUT2D eigenvalue weighted by molar-refractivity contribution is 0.442. The van der Waals surface area contributed by atoms with E-state index < -0.39 is 0 Å². The molecule has 0 amide bonds. The number of hydrogen-bond donors (Lipinski definition) is 0. The molecule has 2 aliphatic carbocycles. The summed E-state index contributed by atoms with van der Waals surface area (Å²) < 4.78 is 0. The molecular formula is C14H18N2S. The highest BCUT2D eigenvalue weighted by atomic mass is 32.1. The van der Waals surface area contributed by atoms with Crippen LogP contribution in [-0.4, -0.2) is 4.98 Å². The van der Waals surface area contributed by atoms with E-state index in [0.717, 1.165) is 18.5 Å². The molecule has 3 heteroatoms. The maximum atomic E-state index is 9.28. The Labute approximate surface area is 107 Å². The van der Waals surface area contributed by atoms with Crippen LogP contribution >= 0.6 is 11.3 Å². The normalized spacial score (nSPS) is 23.3. The molecule has 2 fully saturated rings. The number of hydrogen-bond acceptors (Lipinski definition) is 3. The predicted octanol–water partition coefficient (Wildman–Crippen LogP) is 4.05. The summed E-state index contributed by atoms with van der Waals surface area (Å²) in [5.41, 5.74) is 0.976. The standard InChI is InChI=1S/C14H18N2S/c1-10-12(14(9-15)7-8-14)17-13(16-10)11-5-3-2-4-6-11/h11H,2-8H2,1H3. The van der Waals surface area contributed by atoms with Crippen LogP contribution in [0.25, 0.3) is 0 Å². The van der Waals surface area contributed by atoms with E-state index in [1.807, 2.05) is 11.3 Å². The zero-order chi connectivity index (χ0) is 11.9. The summed E-state index contributed by atoms with van der Waals surface area (Å²) >= 11 is 1.83. The minimum absolute atomic E-state index is 0.144. The molecule has 0 atom stereocenters. The first-order valence-electron chi connectivity index (χ1n) is 6.64. The second-order valence-corrected chi connectivity index (χ2v) is 6.53. The molecule has 1 aromatic heterocycles. The van der Waals surface area contributed by atoms with Crippen LogP contribution in [0, 0.1) is 18.3 Å². The Morgan fingerprint density at radius 3 is 2.59 bits per heavy atom. The summed E-state index contributed by atoms with van der Waals surface area (Å²) in [6, 6.07) is 2.50. The van der Waals surface area contributed by atoms with Crippen molar-refractivity contribution < 1.29 is 0 Å². The molecule has 0 N–H and O–H groups in total. The fraction of sp³-hybridized carbons (Fsp3) is 0.714. The molecule has 0 aromatic carbocycles. The third-order valence-electron chi connectivity index (χ3n) is 4.17. The molecule has 2 saturated carbocycles. The van der Waals surface area contributed by atoms with Crippen molar-refractivity contribution in [2.75, 3.05) is 0 Å². The summed E-state index contributed by atoms with van der Waals surface area (Å²) in [6.45, 7) is 2.08. The predicted molar refractivity (Wildman–Crippen MR) is 69.2 cm³/mol. The molecule has 2 nitrogen and oxygen atoms in total. The summed E-state index contributed by atoms with van der Waals surface area (Å²) in [5, 5.41) is 10.6. The van der Waals surface area contributed by atoms with E-state index in [1.54, 1.807) is 0 Å². The Bertz CT molecular complexity index is 459. The average molecular weight is 246 g/mol. The molecule has 3 rings (SSSR count). The van der Waals surface area contributed by atoms with E-state index in [1.165, 1.54) is 42.0 Å². The van der Waals surface area contributed by atoms with Gasteiger partial charge in [0, 0.05) is 10.8 Å². The highest BCUT2D eigenvalue weighted by molar-refractivity contribution is 7.12. The van der Waals surface area contributed by atoms with Crippen molar-refractivity contribution in [3.8, 4) is 6.07 Å². The van der Waals surface area contributed by atoms with E-state index in [9.17, 15) is 5.26 Å². The molecule has 0 radical (unpaired) electrons. The fourth-order valence-corrected chi connectivity index (χ4v) is 4.33. The second kappa shape index (κ2) is 4.10. The van der Waals surface area contributed by atoms with E-state index in [0.29, 0.717) is 5.92 Å². The van der Waals surface area contributed by atoms with Crippen LogP contribution in [0.15, 0.2) is 0 Å². The van der Waals surface area contributed by atoms with Crippen molar-refractivity contribution in [3.63, 3.8) is 0 Å². The van der Waals surface area contributed by atoms with Gasteiger partial charge in [0.15, 0.2) is 0 Å². The maximum Gasteiger partial charge on any atom is 0.0962 e. The number of aromatic nitrogens is 1. The van der Waals surface area contributed by atoms with Gasteiger partial charge in [-0.3, -0.25) is 0 Å². The smallest absolute Gasteiger partial charge is 0.0962 e. The molecular weight excluding hydrogens is 228 g/mol. The first-order chi connectivity index (χ1) is 8.25. The Kier molecular flexibility index (Phi) is 2.71. The number of thiazole rings is 1. The third kappa shape index (κ3) is 1.89. The highest BCUT2D eigenvalue weighted by Gasteiger charge is 2.48. The van der Waals surface area contributed by atoms with Gasteiger partial charge < -0.3 is 0 Å². The van der Waals surface area contributed by atoms with E-state index >= 15 is 0 Å². The first-order valence-corrected chi connectivity index (χ1v) is 7.46. The number of aryl methyl sites for hydroxylation is 1. The van der Waals surface area contributed by atoms with Gasteiger partial charge in [0.05, 0.1) is 22.2 Å². The highest BCUT2D eigenvalue weighted by Crippen LogP contribution is 2.52. The lowest BCUT2D eigenvalue weighted by atomic mass is 9.90. The van der Waals surface area contributed by atoms with Crippen LogP contribution in [0.1, 0.15) is 66.4 Å². The topological polar surface area (TPSA) is 36.7 Å².